The van der Waals surface area contributed by atoms with Crippen LogP contribution in [0.15, 0.2) is 29.6 Å². The standard InChI is InChI=1S/C16H19N3O4S/c1-11-6-7-24-15(11)9-18(2)10-16(20)17-13-5-4-12(19(21)22)8-14(13)23-3/h4-8H,9-10H2,1-3H3,(H,17,20). The number of aryl methyl sites for hydroxylation is 1. The summed E-state index contributed by atoms with van der Waals surface area (Å²) >= 11 is 1.66. The predicted octanol–water partition coefficient (Wildman–Crippen LogP) is 3.04. The largest absolute Gasteiger partial charge is 0.494 e. The van der Waals surface area contributed by atoms with E-state index in [9.17, 15) is 14.9 Å². The number of rotatable bonds is 7. The maximum Gasteiger partial charge on any atom is 0.273 e. The Bertz CT molecular complexity index is 745. The van der Waals surface area contributed by atoms with Crippen molar-refractivity contribution in [2.75, 3.05) is 26.0 Å². The molecule has 0 radical (unpaired) electrons. The molecule has 1 amide bonds. The van der Waals surface area contributed by atoms with Gasteiger partial charge in [0.15, 0.2) is 0 Å². The van der Waals surface area contributed by atoms with Gasteiger partial charge in [0, 0.05) is 17.5 Å². The molecule has 24 heavy (non-hydrogen) atoms. The summed E-state index contributed by atoms with van der Waals surface area (Å²) < 4.78 is 5.11. The molecule has 1 aromatic carbocycles. The Morgan fingerprint density at radius 2 is 2.17 bits per heavy atom. The van der Waals surface area contributed by atoms with E-state index in [1.807, 2.05) is 24.3 Å². The summed E-state index contributed by atoms with van der Waals surface area (Å²) in [7, 11) is 3.27. The zero-order valence-electron chi connectivity index (χ0n) is 13.7. The van der Waals surface area contributed by atoms with Crippen LogP contribution in [-0.4, -0.2) is 36.4 Å². The van der Waals surface area contributed by atoms with Gasteiger partial charge in [0.25, 0.3) is 5.69 Å². The number of amides is 1. The Morgan fingerprint density at radius 3 is 2.75 bits per heavy atom. The number of likely N-dealkylation sites (N-methyl/N-ethyl adjacent to an activating group) is 1. The smallest absolute Gasteiger partial charge is 0.273 e. The summed E-state index contributed by atoms with van der Waals surface area (Å²) in [6.45, 7) is 2.94. The van der Waals surface area contributed by atoms with Gasteiger partial charge >= 0.3 is 0 Å². The molecule has 7 nitrogen and oxygen atoms in total. The maximum atomic E-state index is 12.2. The summed E-state index contributed by atoms with van der Waals surface area (Å²) in [5.41, 5.74) is 1.54. The number of hydrogen-bond donors (Lipinski definition) is 1. The lowest BCUT2D eigenvalue weighted by Crippen LogP contribution is -2.29. The zero-order chi connectivity index (χ0) is 17.7. The summed E-state index contributed by atoms with van der Waals surface area (Å²) in [6, 6.07) is 6.14. The van der Waals surface area contributed by atoms with Crippen LogP contribution in [-0.2, 0) is 11.3 Å². The van der Waals surface area contributed by atoms with Crippen LogP contribution in [0.2, 0.25) is 0 Å². The van der Waals surface area contributed by atoms with Crippen LogP contribution < -0.4 is 10.1 Å². The van der Waals surface area contributed by atoms with Gasteiger partial charge in [0.05, 0.1) is 30.3 Å². The fraction of sp³-hybridized carbons (Fsp3) is 0.312. The van der Waals surface area contributed by atoms with E-state index in [4.69, 9.17) is 4.74 Å². The quantitative estimate of drug-likeness (QED) is 0.613. The Labute approximate surface area is 144 Å². The highest BCUT2D eigenvalue weighted by Crippen LogP contribution is 2.29. The Hall–Kier alpha value is -2.45. The molecule has 0 aliphatic rings. The number of thiophene rings is 1. The van der Waals surface area contributed by atoms with Crippen LogP contribution >= 0.6 is 11.3 Å². The average Bonchev–Trinajstić information content (AvgIpc) is 2.92. The van der Waals surface area contributed by atoms with Crippen molar-refractivity contribution >= 4 is 28.6 Å². The van der Waals surface area contributed by atoms with Gasteiger partial charge in [0.1, 0.15) is 5.75 Å². The highest BCUT2D eigenvalue weighted by molar-refractivity contribution is 7.10. The van der Waals surface area contributed by atoms with E-state index in [0.717, 1.165) is 0 Å². The van der Waals surface area contributed by atoms with Crippen molar-refractivity contribution in [3.05, 3.63) is 50.2 Å². The number of nitrogens with one attached hydrogen (secondary N) is 1. The first-order valence-electron chi connectivity index (χ1n) is 7.24. The van der Waals surface area contributed by atoms with Crippen molar-refractivity contribution in [1.29, 1.82) is 0 Å². The fourth-order valence-electron chi connectivity index (χ4n) is 2.20. The maximum absolute atomic E-state index is 12.2. The predicted molar refractivity (Wildman–Crippen MR) is 93.7 cm³/mol. The van der Waals surface area contributed by atoms with Crippen LogP contribution in [0.5, 0.6) is 5.75 Å². The number of nitro groups is 1. The summed E-state index contributed by atoms with van der Waals surface area (Å²) in [6.07, 6.45) is 0. The van der Waals surface area contributed by atoms with Crippen molar-refractivity contribution < 1.29 is 14.5 Å². The van der Waals surface area contributed by atoms with Crippen molar-refractivity contribution in [2.24, 2.45) is 0 Å². The van der Waals surface area contributed by atoms with E-state index in [1.54, 1.807) is 11.3 Å². The molecule has 2 aromatic rings. The number of nitrogens with zero attached hydrogens (tertiary/aromatic N) is 2. The van der Waals surface area contributed by atoms with E-state index >= 15 is 0 Å². The van der Waals surface area contributed by atoms with Gasteiger partial charge in [-0.15, -0.1) is 11.3 Å². The minimum atomic E-state index is -0.509. The zero-order valence-corrected chi connectivity index (χ0v) is 14.6. The van der Waals surface area contributed by atoms with Crippen LogP contribution in [0.25, 0.3) is 0 Å². The SMILES string of the molecule is COc1cc([N+](=O)[O-])ccc1NC(=O)CN(C)Cc1sccc1C. The summed E-state index contributed by atoms with van der Waals surface area (Å²) in [5, 5.41) is 15.5. The first-order chi connectivity index (χ1) is 11.4. The molecular weight excluding hydrogens is 330 g/mol. The molecule has 0 saturated carbocycles. The first kappa shape index (κ1) is 17.9. The Kier molecular flexibility index (Phi) is 5.88. The van der Waals surface area contributed by atoms with Gasteiger partial charge in [-0.2, -0.15) is 0 Å². The molecule has 1 N–H and O–H groups in total. The monoisotopic (exact) mass is 349 g/mol. The van der Waals surface area contributed by atoms with Crippen molar-refractivity contribution in [3.8, 4) is 5.75 Å². The number of methoxy groups -OCH3 is 1. The van der Waals surface area contributed by atoms with Gasteiger partial charge in [-0.05, 0) is 37.0 Å². The lowest BCUT2D eigenvalue weighted by Gasteiger charge is -2.16. The highest BCUT2D eigenvalue weighted by Gasteiger charge is 2.15. The van der Waals surface area contributed by atoms with E-state index in [0.29, 0.717) is 12.2 Å². The molecule has 128 valence electrons. The molecule has 2 rings (SSSR count). The summed E-state index contributed by atoms with van der Waals surface area (Å²) in [5.74, 6) is 0.0492. The molecule has 0 aliphatic heterocycles. The van der Waals surface area contributed by atoms with Crippen LogP contribution in [0.3, 0.4) is 0 Å². The second kappa shape index (κ2) is 7.89. The van der Waals surface area contributed by atoms with Gasteiger partial charge in [-0.1, -0.05) is 0 Å². The molecule has 0 spiro atoms. The molecule has 0 aliphatic carbocycles. The van der Waals surface area contributed by atoms with Crippen molar-refractivity contribution in [2.45, 2.75) is 13.5 Å². The lowest BCUT2D eigenvalue weighted by molar-refractivity contribution is -0.384. The van der Waals surface area contributed by atoms with E-state index in [1.165, 1.54) is 35.7 Å². The van der Waals surface area contributed by atoms with Crippen LogP contribution in [0, 0.1) is 17.0 Å². The molecule has 8 heteroatoms. The minimum Gasteiger partial charge on any atom is -0.494 e. The summed E-state index contributed by atoms with van der Waals surface area (Å²) in [4.78, 5) is 25.6. The molecule has 1 aromatic heterocycles. The van der Waals surface area contributed by atoms with Gasteiger partial charge in [-0.25, -0.2) is 0 Å². The second-order valence-corrected chi connectivity index (χ2v) is 6.39. The molecule has 0 atom stereocenters. The van der Waals surface area contributed by atoms with E-state index in [2.05, 4.69) is 11.4 Å². The van der Waals surface area contributed by atoms with Crippen LogP contribution in [0.4, 0.5) is 11.4 Å². The fourth-order valence-corrected chi connectivity index (χ4v) is 3.18. The van der Waals surface area contributed by atoms with Gasteiger partial charge in [-0.3, -0.25) is 19.8 Å². The molecule has 0 unspecified atom stereocenters. The van der Waals surface area contributed by atoms with Gasteiger partial charge in [0.2, 0.25) is 5.91 Å². The third-order valence-corrected chi connectivity index (χ3v) is 4.47. The number of non-ortho nitro benzene ring substituents is 1. The topological polar surface area (TPSA) is 84.7 Å². The lowest BCUT2D eigenvalue weighted by atomic mass is 10.2. The molecule has 0 saturated heterocycles. The number of nitro benzene ring substituents is 1. The minimum absolute atomic E-state index is 0.0878. The third kappa shape index (κ3) is 4.53. The number of carbonyl (C=O) groups is 1. The Balaban J connectivity index is 1.99. The highest BCUT2D eigenvalue weighted by atomic mass is 32.1. The van der Waals surface area contributed by atoms with Crippen molar-refractivity contribution in [3.63, 3.8) is 0 Å². The number of anilines is 1. The molecule has 0 bridgehead atoms. The normalized spacial score (nSPS) is 10.7. The Morgan fingerprint density at radius 1 is 1.42 bits per heavy atom. The third-order valence-electron chi connectivity index (χ3n) is 3.47. The first-order valence-corrected chi connectivity index (χ1v) is 8.12. The molecule has 1 heterocycles. The number of ether oxygens (including phenoxy) is 1. The van der Waals surface area contributed by atoms with Crippen LogP contribution in [0.1, 0.15) is 10.4 Å². The average molecular weight is 349 g/mol. The van der Waals surface area contributed by atoms with Crippen molar-refractivity contribution in [1.82, 2.24) is 4.90 Å². The van der Waals surface area contributed by atoms with Gasteiger partial charge < -0.3 is 10.1 Å². The molecular formula is C16H19N3O4S. The number of hydrogen-bond acceptors (Lipinski definition) is 6. The number of benzene rings is 1. The molecule has 0 fully saturated rings. The van der Waals surface area contributed by atoms with E-state index < -0.39 is 4.92 Å². The number of carbonyl (C=O) groups excluding carboxylic acids is 1. The second-order valence-electron chi connectivity index (χ2n) is 5.39. The van der Waals surface area contributed by atoms with E-state index in [-0.39, 0.29) is 23.9 Å².